The first-order valence-corrected chi connectivity index (χ1v) is 9.48. The lowest BCUT2D eigenvalue weighted by atomic mass is 10.1. The summed E-state index contributed by atoms with van der Waals surface area (Å²) in [6.07, 6.45) is 6.68. The molecule has 8 nitrogen and oxygen atoms in total. The van der Waals surface area contributed by atoms with Crippen LogP contribution in [0.15, 0.2) is 12.5 Å². The van der Waals surface area contributed by atoms with E-state index in [4.69, 9.17) is 0 Å². The van der Waals surface area contributed by atoms with Crippen LogP contribution in [-0.2, 0) is 17.1 Å². The molecule has 1 N–H and O–H groups in total. The van der Waals surface area contributed by atoms with Gasteiger partial charge in [-0.15, -0.1) is 0 Å². The van der Waals surface area contributed by atoms with Gasteiger partial charge in [-0.1, -0.05) is 0 Å². The van der Waals surface area contributed by atoms with Crippen molar-refractivity contribution in [1.29, 1.82) is 0 Å². The summed E-state index contributed by atoms with van der Waals surface area (Å²) in [5, 5.41) is 4.96. The number of hydrogen-bond donors (Lipinski definition) is 1. The third-order valence-electron chi connectivity index (χ3n) is 4.52. The van der Waals surface area contributed by atoms with Gasteiger partial charge < -0.3 is 4.90 Å². The minimum Gasteiger partial charge on any atom is -0.354 e. The first-order chi connectivity index (χ1) is 11.0. The fourth-order valence-electron chi connectivity index (χ4n) is 3.17. The number of hydrogen-bond acceptors (Lipinski definition) is 6. The van der Waals surface area contributed by atoms with E-state index in [0.717, 1.165) is 49.1 Å². The lowest BCUT2D eigenvalue weighted by Gasteiger charge is -2.34. The Morgan fingerprint density at radius 3 is 2.87 bits per heavy atom. The standard InChI is InChI=1S/C14H20N6O2S/c1-19-13-12(7-17-19)14(16-9-15-13)20-6-2-3-10(8-20)18-23(21,22)11-4-5-11/h7,9-11,18H,2-6,8H2,1H3. The molecule has 3 heterocycles. The van der Waals surface area contributed by atoms with Crippen LogP contribution in [0.4, 0.5) is 5.82 Å². The van der Waals surface area contributed by atoms with Gasteiger partial charge >= 0.3 is 0 Å². The van der Waals surface area contributed by atoms with Gasteiger partial charge in [0, 0.05) is 26.2 Å². The van der Waals surface area contributed by atoms with Crippen LogP contribution >= 0.6 is 0 Å². The molecular weight excluding hydrogens is 316 g/mol. The van der Waals surface area contributed by atoms with Gasteiger partial charge in [0.2, 0.25) is 10.0 Å². The highest BCUT2D eigenvalue weighted by Gasteiger charge is 2.37. The Labute approximate surface area is 135 Å². The van der Waals surface area contributed by atoms with Crippen molar-refractivity contribution in [3.05, 3.63) is 12.5 Å². The van der Waals surface area contributed by atoms with Gasteiger partial charge in [-0.05, 0) is 25.7 Å². The van der Waals surface area contributed by atoms with E-state index in [2.05, 4.69) is 24.7 Å². The Bertz CT molecular complexity index is 829. The van der Waals surface area contributed by atoms with Gasteiger partial charge in [0.15, 0.2) is 5.65 Å². The van der Waals surface area contributed by atoms with Crippen LogP contribution in [0.3, 0.4) is 0 Å². The van der Waals surface area contributed by atoms with Crippen molar-refractivity contribution in [2.45, 2.75) is 37.0 Å². The minimum absolute atomic E-state index is 0.0592. The van der Waals surface area contributed by atoms with E-state index < -0.39 is 10.0 Å². The van der Waals surface area contributed by atoms with Crippen LogP contribution in [0.2, 0.25) is 0 Å². The van der Waals surface area contributed by atoms with Crippen molar-refractivity contribution < 1.29 is 8.42 Å². The summed E-state index contributed by atoms with van der Waals surface area (Å²) in [5.74, 6) is 0.832. The maximum Gasteiger partial charge on any atom is 0.214 e. The van der Waals surface area contributed by atoms with Gasteiger partial charge in [-0.2, -0.15) is 5.10 Å². The SMILES string of the molecule is Cn1ncc2c(N3CCCC(NS(=O)(=O)C4CC4)C3)ncnc21. The minimum atomic E-state index is -3.16. The van der Waals surface area contributed by atoms with Gasteiger partial charge in [0.05, 0.1) is 16.8 Å². The third kappa shape index (κ3) is 2.78. The van der Waals surface area contributed by atoms with E-state index in [1.165, 1.54) is 6.33 Å². The van der Waals surface area contributed by atoms with Gasteiger partial charge in [0.25, 0.3) is 0 Å². The molecule has 4 rings (SSSR count). The molecule has 1 saturated carbocycles. The maximum atomic E-state index is 12.2. The summed E-state index contributed by atoms with van der Waals surface area (Å²) in [7, 11) is -1.31. The molecule has 1 saturated heterocycles. The molecule has 0 aromatic carbocycles. The van der Waals surface area contributed by atoms with Crippen LogP contribution in [0.1, 0.15) is 25.7 Å². The first kappa shape index (κ1) is 14.8. The fourth-order valence-corrected chi connectivity index (χ4v) is 4.78. The number of aromatic nitrogens is 4. The molecule has 124 valence electrons. The molecule has 0 radical (unpaired) electrons. The highest BCUT2D eigenvalue weighted by Crippen LogP contribution is 2.29. The second kappa shape index (κ2) is 5.41. The molecule has 2 fully saturated rings. The van der Waals surface area contributed by atoms with E-state index >= 15 is 0 Å². The summed E-state index contributed by atoms with van der Waals surface area (Å²) >= 11 is 0. The molecule has 9 heteroatoms. The molecule has 2 aromatic heterocycles. The van der Waals surface area contributed by atoms with Crippen LogP contribution in [-0.4, -0.2) is 52.5 Å². The largest absolute Gasteiger partial charge is 0.354 e. The summed E-state index contributed by atoms with van der Waals surface area (Å²) in [4.78, 5) is 10.8. The molecule has 23 heavy (non-hydrogen) atoms. The Balaban J connectivity index is 1.56. The van der Waals surface area contributed by atoms with Gasteiger partial charge in [0.1, 0.15) is 12.1 Å². The summed E-state index contributed by atoms with van der Waals surface area (Å²) < 4.78 is 28.9. The second-order valence-corrected chi connectivity index (χ2v) is 8.34. The van der Waals surface area contributed by atoms with Crippen molar-refractivity contribution in [2.24, 2.45) is 7.05 Å². The average molecular weight is 336 g/mol. The molecule has 1 aliphatic heterocycles. The number of piperidine rings is 1. The van der Waals surface area contributed by atoms with E-state index in [1.54, 1.807) is 10.9 Å². The predicted octanol–water partition coefficient (Wildman–Crippen LogP) is 0.414. The van der Waals surface area contributed by atoms with Crippen molar-refractivity contribution >= 4 is 26.9 Å². The summed E-state index contributed by atoms with van der Waals surface area (Å²) in [6, 6.07) is -0.0592. The normalized spacial score (nSPS) is 22.7. The quantitative estimate of drug-likeness (QED) is 0.869. The van der Waals surface area contributed by atoms with Crippen LogP contribution in [0, 0.1) is 0 Å². The Hall–Kier alpha value is -1.74. The molecule has 1 atom stereocenters. The van der Waals surface area contributed by atoms with Crippen LogP contribution in [0.5, 0.6) is 0 Å². The third-order valence-corrected chi connectivity index (χ3v) is 6.53. The van der Waals surface area contributed by atoms with Crippen molar-refractivity contribution in [1.82, 2.24) is 24.5 Å². The number of rotatable bonds is 4. The lowest BCUT2D eigenvalue weighted by molar-refractivity contribution is 0.464. The zero-order valence-corrected chi connectivity index (χ0v) is 13.8. The fraction of sp³-hybridized carbons (Fsp3) is 0.643. The molecular formula is C14H20N6O2S. The summed E-state index contributed by atoms with van der Waals surface area (Å²) in [6.45, 7) is 1.50. The van der Waals surface area contributed by atoms with Gasteiger partial charge in [-0.3, -0.25) is 4.68 Å². The van der Waals surface area contributed by atoms with E-state index in [0.29, 0.717) is 6.54 Å². The predicted molar refractivity (Wildman–Crippen MR) is 86.6 cm³/mol. The van der Waals surface area contributed by atoms with Crippen molar-refractivity contribution in [2.75, 3.05) is 18.0 Å². The second-order valence-electron chi connectivity index (χ2n) is 6.35. The Morgan fingerprint density at radius 2 is 2.09 bits per heavy atom. The molecule has 1 aliphatic carbocycles. The Morgan fingerprint density at radius 1 is 1.26 bits per heavy atom. The number of aryl methyl sites for hydroxylation is 1. The van der Waals surface area contributed by atoms with Gasteiger partial charge in [-0.25, -0.2) is 23.1 Å². The number of nitrogens with one attached hydrogen (secondary N) is 1. The number of fused-ring (bicyclic) bond motifs is 1. The van der Waals surface area contributed by atoms with E-state index in [1.807, 2.05) is 7.05 Å². The van der Waals surface area contributed by atoms with Crippen LogP contribution in [0.25, 0.3) is 11.0 Å². The number of anilines is 1. The number of sulfonamides is 1. The number of nitrogens with zero attached hydrogens (tertiary/aromatic N) is 5. The topological polar surface area (TPSA) is 93.0 Å². The zero-order valence-electron chi connectivity index (χ0n) is 13.0. The van der Waals surface area contributed by atoms with Crippen LogP contribution < -0.4 is 9.62 Å². The molecule has 1 unspecified atom stereocenters. The highest BCUT2D eigenvalue weighted by molar-refractivity contribution is 7.90. The molecule has 2 aliphatic rings. The zero-order chi connectivity index (χ0) is 16.0. The molecule has 2 aromatic rings. The smallest absolute Gasteiger partial charge is 0.214 e. The first-order valence-electron chi connectivity index (χ1n) is 7.93. The monoisotopic (exact) mass is 336 g/mol. The molecule has 0 amide bonds. The highest BCUT2D eigenvalue weighted by atomic mass is 32.2. The lowest BCUT2D eigenvalue weighted by Crippen LogP contribution is -2.48. The van der Waals surface area contributed by atoms with E-state index in [9.17, 15) is 8.42 Å². The van der Waals surface area contributed by atoms with E-state index in [-0.39, 0.29) is 11.3 Å². The average Bonchev–Trinajstić information content (AvgIpc) is 3.32. The maximum absolute atomic E-state index is 12.2. The van der Waals surface area contributed by atoms with Crippen molar-refractivity contribution in [3.8, 4) is 0 Å². The Kier molecular flexibility index (Phi) is 3.49. The van der Waals surface area contributed by atoms with Crippen molar-refractivity contribution in [3.63, 3.8) is 0 Å². The summed E-state index contributed by atoms with van der Waals surface area (Å²) in [5.41, 5.74) is 0.788. The molecule has 0 spiro atoms. The molecule has 0 bridgehead atoms.